The van der Waals surface area contributed by atoms with Crippen molar-refractivity contribution >= 4 is 46.6 Å². The Morgan fingerprint density at radius 3 is 1.34 bits per heavy atom. The number of likely N-dealkylation sites (tertiary alicyclic amines) is 2. The number of pyridine rings is 2. The number of nitriles is 2. The molecule has 14 heteroatoms. The van der Waals surface area contributed by atoms with Crippen LogP contribution >= 0.6 is 0 Å². The van der Waals surface area contributed by atoms with Crippen LogP contribution in [0.15, 0.2) is 122 Å². The molecule has 2 aromatic heterocycles. The molecule has 6 aromatic rings. The van der Waals surface area contributed by atoms with Crippen LogP contribution < -0.4 is 20.9 Å². The Hall–Kier alpha value is -8.36. The second-order valence-corrected chi connectivity index (χ2v) is 19.4. The number of hydrogen-bond donors (Lipinski definition) is 3. The maximum Gasteiger partial charge on any atom is 0.257 e. The van der Waals surface area contributed by atoms with Gasteiger partial charge in [0, 0.05) is 80.2 Å². The smallest absolute Gasteiger partial charge is 0.257 e. The highest BCUT2D eigenvalue weighted by molar-refractivity contribution is 6.06. The molecular weight excluding hydrogens is 913 g/mol. The van der Waals surface area contributed by atoms with Crippen LogP contribution in [-0.2, 0) is 0 Å². The van der Waals surface area contributed by atoms with Crippen molar-refractivity contribution in [1.29, 1.82) is 10.5 Å². The number of rotatable bonds is 12. The fourth-order valence-corrected chi connectivity index (χ4v) is 8.93. The molecule has 73 heavy (non-hydrogen) atoms. The number of aryl methyl sites for hydroxylation is 2. The van der Waals surface area contributed by atoms with E-state index in [-0.39, 0.29) is 29.7 Å². The minimum Gasteiger partial charge on any atom is -0.368 e. The average molecular weight is 977 g/mol. The number of hydrogen-bond acceptors (Lipinski definition) is 10. The van der Waals surface area contributed by atoms with E-state index < -0.39 is 0 Å². The van der Waals surface area contributed by atoms with Crippen LogP contribution in [0.25, 0.3) is 0 Å². The highest BCUT2D eigenvalue weighted by Gasteiger charge is 2.27. The maximum absolute atomic E-state index is 13.3. The minimum atomic E-state index is -0.269. The summed E-state index contributed by atoms with van der Waals surface area (Å²) in [5, 5.41) is 27.1. The predicted octanol–water partition coefficient (Wildman–Crippen LogP) is 10.7. The molecule has 0 spiro atoms. The molecule has 8 rings (SSSR count). The van der Waals surface area contributed by atoms with E-state index >= 15 is 0 Å². The van der Waals surface area contributed by atoms with Gasteiger partial charge in [0.1, 0.15) is 11.6 Å². The molecule has 0 bridgehead atoms. The van der Waals surface area contributed by atoms with Crippen molar-refractivity contribution < 1.29 is 19.2 Å². The van der Waals surface area contributed by atoms with E-state index in [1.54, 1.807) is 42.7 Å². The monoisotopic (exact) mass is 977 g/mol. The average Bonchev–Trinajstić information content (AvgIpc) is 3.41. The van der Waals surface area contributed by atoms with Gasteiger partial charge in [-0.2, -0.15) is 10.5 Å². The fraction of sp³-hybridized carbons (Fsp3) is 0.322. The second-order valence-electron chi connectivity index (χ2n) is 19.4. The lowest BCUT2D eigenvalue weighted by Gasteiger charge is -2.32. The van der Waals surface area contributed by atoms with Crippen LogP contribution in [0.2, 0.25) is 0 Å². The molecule has 0 saturated carbocycles. The fourth-order valence-electron chi connectivity index (χ4n) is 8.93. The molecule has 0 aliphatic carbocycles. The molecule has 374 valence electrons. The summed E-state index contributed by atoms with van der Waals surface area (Å²) < 4.78 is 0. The van der Waals surface area contributed by atoms with Crippen molar-refractivity contribution in [3.63, 3.8) is 0 Å². The standard InChI is InChI=1S/C30H33N5O2.C29H31N5O2/c1-20(2)34(4)28-12-11-26(19-32-28)29(36)33-27-17-25(8-5-21(27)3)30(37)35-15-13-24(14-16-35)23-9-6-22(18-31)7-10-23;1-19(2)32-27-11-10-25(18-31-27)28(35)33-26-16-24(7-4-20(26)3)29(36)34-14-12-23(13-15-34)22-8-5-21(17-30)6-9-22/h5-12,17,19-20,24H,13-16H2,1-4H3,(H,33,36);4-11,16,18-19,23H,12-15H2,1-3H3,(H,31,32)(H,33,35). The van der Waals surface area contributed by atoms with Crippen molar-refractivity contribution in [3.8, 4) is 12.1 Å². The number of benzene rings is 4. The van der Waals surface area contributed by atoms with Gasteiger partial charge in [0.05, 0.1) is 34.4 Å². The Balaban J connectivity index is 0.000000214. The van der Waals surface area contributed by atoms with Gasteiger partial charge in [-0.15, -0.1) is 0 Å². The summed E-state index contributed by atoms with van der Waals surface area (Å²) in [6.45, 7) is 14.7. The Kier molecular flexibility index (Phi) is 17.4. The number of nitrogens with one attached hydrogen (secondary N) is 3. The van der Waals surface area contributed by atoms with E-state index in [0.29, 0.717) is 94.6 Å². The molecule has 2 aliphatic rings. The van der Waals surface area contributed by atoms with Gasteiger partial charge in [-0.1, -0.05) is 36.4 Å². The lowest BCUT2D eigenvalue weighted by Crippen LogP contribution is -2.38. The molecule has 2 saturated heterocycles. The number of aromatic nitrogens is 2. The normalized spacial score (nSPS) is 13.8. The number of carbonyl (C=O) groups excluding carboxylic acids is 4. The van der Waals surface area contributed by atoms with E-state index in [2.05, 4.69) is 51.9 Å². The Bertz CT molecular complexity index is 2980. The number of nitrogens with zero attached hydrogens (tertiary/aromatic N) is 7. The first-order valence-corrected chi connectivity index (χ1v) is 24.9. The molecule has 0 radical (unpaired) electrons. The summed E-state index contributed by atoms with van der Waals surface area (Å²) >= 11 is 0. The zero-order valence-electron chi connectivity index (χ0n) is 42.8. The van der Waals surface area contributed by atoms with Crippen LogP contribution in [0.4, 0.5) is 23.0 Å². The van der Waals surface area contributed by atoms with Crippen LogP contribution in [0.3, 0.4) is 0 Å². The summed E-state index contributed by atoms with van der Waals surface area (Å²) in [4.78, 5) is 66.7. The van der Waals surface area contributed by atoms with Crippen LogP contribution in [0, 0.1) is 36.5 Å². The maximum atomic E-state index is 13.3. The van der Waals surface area contributed by atoms with Crippen LogP contribution in [-0.4, -0.2) is 88.7 Å². The van der Waals surface area contributed by atoms with Gasteiger partial charge in [0.25, 0.3) is 23.6 Å². The third-order valence-electron chi connectivity index (χ3n) is 13.7. The SMILES string of the molecule is Cc1ccc(C(=O)N2CCC(c3ccc(C#N)cc3)CC2)cc1NC(=O)c1ccc(N(C)C(C)C)nc1.Cc1ccc(C(=O)N2CCC(c3ccc(C#N)cc3)CC2)cc1NC(=O)c1ccc(NC(C)C)nc1. The molecule has 0 unspecified atom stereocenters. The van der Waals surface area contributed by atoms with E-state index in [9.17, 15) is 19.2 Å². The number of piperidine rings is 2. The van der Waals surface area contributed by atoms with Crippen molar-refractivity contribution in [3.05, 3.63) is 177 Å². The quantitative estimate of drug-likeness (QED) is 0.106. The molecule has 14 nitrogen and oxygen atoms in total. The second kappa shape index (κ2) is 24.2. The molecule has 4 heterocycles. The minimum absolute atomic E-state index is 0.0310. The number of anilines is 4. The molecular formula is C59H64N10O4. The highest BCUT2D eigenvalue weighted by Crippen LogP contribution is 2.31. The molecule has 3 N–H and O–H groups in total. The first kappa shape index (κ1) is 52.5. The van der Waals surface area contributed by atoms with Gasteiger partial charge in [-0.3, -0.25) is 19.2 Å². The Morgan fingerprint density at radius 1 is 0.575 bits per heavy atom. The van der Waals surface area contributed by atoms with E-state index in [1.807, 2.05) is 128 Å². The van der Waals surface area contributed by atoms with Gasteiger partial charge in [-0.05, 0) is 174 Å². The predicted molar refractivity (Wildman–Crippen MR) is 287 cm³/mol. The highest BCUT2D eigenvalue weighted by atomic mass is 16.2. The number of amides is 4. The van der Waals surface area contributed by atoms with Gasteiger partial charge >= 0.3 is 0 Å². The Labute approximate surface area is 429 Å². The van der Waals surface area contributed by atoms with Gasteiger partial charge in [0.15, 0.2) is 0 Å². The van der Waals surface area contributed by atoms with Crippen LogP contribution in [0.5, 0.6) is 0 Å². The van der Waals surface area contributed by atoms with Crippen molar-refractivity contribution in [2.24, 2.45) is 0 Å². The Morgan fingerprint density at radius 2 is 0.986 bits per heavy atom. The number of carbonyl (C=O) groups is 4. The summed E-state index contributed by atoms with van der Waals surface area (Å²) in [5.41, 5.74) is 8.76. The van der Waals surface area contributed by atoms with E-state index in [0.717, 1.165) is 42.6 Å². The lowest BCUT2D eigenvalue weighted by atomic mass is 9.89. The molecule has 4 amide bonds. The van der Waals surface area contributed by atoms with E-state index in [4.69, 9.17) is 10.5 Å². The van der Waals surface area contributed by atoms with Gasteiger partial charge < -0.3 is 30.7 Å². The third kappa shape index (κ3) is 13.5. The summed E-state index contributed by atoms with van der Waals surface area (Å²) in [6, 6.07) is 38.3. The first-order chi connectivity index (χ1) is 35.1. The van der Waals surface area contributed by atoms with Crippen LogP contribution in [0.1, 0.15) is 140 Å². The van der Waals surface area contributed by atoms with E-state index in [1.165, 1.54) is 11.1 Å². The largest absolute Gasteiger partial charge is 0.368 e. The molecule has 2 fully saturated rings. The summed E-state index contributed by atoms with van der Waals surface area (Å²) in [6.07, 6.45) is 6.63. The van der Waals surface area contributed by atoms with Gasteiger partial charge in [0.2, 0.25) is 0 Å². The van der Waals surface area contributed by atoms with Gasteiger partial charge in [-0.25, -0.2) is 9.97 Å². The van der Waals surface area contributed by atoms with Crippen molar-refractivity contribution in [2.45, 2.75) is 91.1 Å². The zero-order chi connectivity index (χ0) is 52.2. The third-order valence-corrected chi connectivity index (χ3v) is 13.7. The lowest BCUT2D eigenvalue weighted by molar-refractivity contribution is 0.0705. The topological polar surface area (TPSA) is 187 Å². The summed E-state index contributed by atoms with van der Waals surface area (Å²) in [5.74, 6) is 1.68. The molecule has 0 atom stereocenters. The van der Waals surface area contributed by atoms with Crippen molar-refractivity contribution in [2.75, 3.05) is 54.1 Å². The molecule has 2 aliphatic heterocycles. The molecule has 4 aromatic carbocycles. The summed E-state index contributed by atoms with van der Waals surface area (Å²) in [7, 11) is 1.97. The zero-order valence-corrected chi connectivity index (χ0v) is 42.8. The van der Waals surface area contributed by atoms with Crippen molar-refractivity contribution in [1.82, 2.24) is 19.8 Å². The first-order valence-electron chi connectivity index (χ1n) is 24.9.